The van der Waals surface area contributed by atoms with Crippen molar-refractivity contribution in [3.05, 3.63) is 18.1 Å². The number of rotatable bonds is 6. The van der Waals surface area contributed by atoms with Gasteiger partial charge in [0.25, 0.3) is 0 Å². The van der Waals surface area contributed by atoms with Crippen LogP contribution >= 0.6 is 0 Å². The Morgan fingerprint density at radius 2 is 1.97 bits per heavy atom. The first kappa shape index (κ1) is 26.1. The Hall–Kier alpha value is -1.98. The van der Waals surface area contributed by atoms with E-state index in [0.717, 1.165) is 38.1 Å². The number of piperazine rings is 1. The molecule has 0 aromatic carbocycles. The van der Waals surface area contributed by atoms with Crippen LogP contribution in [0.1, 0.15) is 45.2 Å². The van der Waals surface area contributed by atoms with Gasteiger partial charge in [0, 0.05) is 58.0 Å². The van der Waals surface area contributed by atoms with Crippen molar-refractivity contribution in [2.75, 3.05) is 51.4 Å². The molecular weight excluding hydrogens is 463 g/mol. The van der Waals surface area contributed by atoms with Crippen LogP contribution < -0.4 is 10.2 Å². The molecule has 1 aliphatic carbocycles. The highest BCUT2D eigenvalue weighted by atomic mass is 19.4. The normalized spacial score (nSPS) is 30.2. The molecule has 0 radical (unpaired) electrons. The van der Waals surface area contributed by atoms with E-state index in [2.05, 4.69) is 29.1 Å². The number of hydrogen-bond donors (Lipinski definition) is 1. The third-order valence-corrected chi connectivity index (χ3v) is 7.97. The lowest BCUT2D eigenvalue weighted by Gasteiger charge is -2.42. The number of ether oxygens (including phenoxy) is 2. The van der Waals surface area contributed by atoms with Gasteiger partial charge in [0.2, 0.25) is 5.91 Å². The predicted molar refractivity (Wildman–Crippen MR) is 124 cm³/mol. The van der Waals surface area contributed by atoms with Crippen molar-refractivity contribution in [2.24, 2.45) is 11.3 Å². The molecule has 196 valence electrons. The van der Waals surface area contributed by atoms with Gasteiger partial charge in [-0.2, -0.15) is 13.2 Å². The molecule has 1 saturated carbocycles. The van der Waals surface area contributed by atoms with E-state index in [1.54, 1.807) is 12.0 Å². The number of methoxy groups -OCH3 is 1. The van der Waals surface area contributed by atoms with Crippen LogP contribution in [0, 0.1) is 11.3 Å². The van der Waals surface area contributed by atoms with Crippen molar-refractivity contribution >= 4 is 11.7 Å². The Morgan fingerprint density at radius 3 is 2.63 bits per heavy atom. The number of carbonyl (C=O) groups is 1. The van der Waals surface area contributed by atoms with Gasteiger partial charge in [0.1, 0.15) is 17.8 Å². The molecule has 35 heavy (non-hydrogen) atoms. The molecule has 1 aromatic rings. The second-order valence-corrected chi connectivity index (χ2v) is 10.2. The molecule has 2 unspecified atom stereocenters. The third-order valence-electron chi connectivity index (χ3n) is 7.97. The van der Waals surface area contributed by atoms with Crippen LogP contribution in [0.25, 0.3) is 0 Å². The molecule has 4 atom stereocenters. The number of amides is 1. The summed E-state index contributed by atoms with van der Waals surface area (Å²) in [5.41, 5.74) is -1.39. The van der Waals surface area contributed by atoms with E-state index in [0.29, 0.717) is 39.4 Å². The van der Waals surface area contributed by atoms with Crippen molar-refractivity contribution in [1.29, 1.82) is 0 Å². The fourth-order valence-electron chi connectivity index (χ4n) is 5.75. The molecule has 3 aliphatic rings. The van der Waals surface area contributed by atoms with Crippen LogP contribution in [0.5, 0.6) is 0 Å². The maximum absolute atomic E-state index is 13.8. The smallest absolute Gasteiger partial charge is 0.379 e. The second kappa shape index (κ2) is 10.6. The number of carbonyl (C=O) groups excluding carboxylic acids is 1. The van der Waals surface area contributed by atoms with Crippen molar-refractivity contribution in [2.45, 2.75) is 63.9 Å². The van der Waals surface area contributed by atoms with Crippen molar-refractivity contribution < 1.29 is 27.4 Å². The van der Waals surface area contributed by atoms with Gasteiger partial charge in [-0.25, -0.2) is 9.97 Å². The van der Waals surface area contributed by atoms with Gasteiger partial charge in [0.05, 0.1) is 18.1 Å². The van der Waals surface area contributed by atoms with Crippen molar-refractivity contribution in [1.82, 2.24) is 20.2 Å². The summed E-state index contributed by atoms with van der Waals surface area (Å²) in [5.74, 6) is 0.585. The predicted octanol–water partition coefficient (Wildman–Crippen LogP) is 2.73. The van der Waals surface area contributed by atoms with Crippen LogP contribution in [-0.2, 0) is 20.4 Å². The van der Waals surface area contributed by atoms with Gasteiger partial charge in [-0.15, -0.1) is 0 Å². The molecule has 0 spiro atoms. The number of hydrogen-bond acceptors (Lipinski definition) is 7. The summed E-state index contributed by atoms with van der Waals surface area (Å²) in [6, 6.07) is 1.43. The molecule has 1 N–H and O–H groups in total. The monoisotopic (exact) mass is 499 g/mol. The number of aromatic nitrogens is 2. The summed E-state index contributed by atoms with van der Waals surface area (Å²) >= 11 is 0. The summed E-state index contributed by atoms with van der Waals surface area (Å²) < 4.78 is 50.2. The first-order valence-corrected chi connectivity index (χ1v) is 12.4. The molecule has 11 heteroatoms. The Labute approximate surface area is 204 Å². The van der Waals surface area contributed by atoms with E-state index in [1.807, 2.05) is 4.90 Å². The molecular formula is C24H36F3N5O3. The quantitative estimate of drug-likeness (QED) is 0.645. The molecule has 1 amide bonds. The van der Waals surface area contributed by atoms with Gasteiger partial charge in [0.15, 0.2) is 0 Å². The molecule has 3 heterocycles. The van der Waals surface area contributed by atoms with Gasteiger partial charge < -0.3 is 24.6 Å². The van der Waals surface area contributed by atoms with Crippen LogP contribution in [0.3, 0.4) is 0 Å². The third kappa shape index (κ3) is 5.56. The van der Waals surface area contributed by atoms with Gasteiger partial charge in [-0.05, 0) is 31.6 Å². The fourth-order valence-corrected chi connectivity index (χ4v) is 5.75. The Morgan fingerprint density at radius 1 is 1.23 bits per heavy atom. The Kier molecular flexibility index (Phi) is 7.87. The van der Waals surface area contributed by atoms with E-state index >= 15 is 0 Å². The number of nitrogens with one attached hydrogen (secondary N) is 1. The van der Waals surface area contributed by atoms with Gasteiger partial charge in [-0.3, -0.25) is 4.79 Å². The number of halogens is 3. The first-order chi connectivity index (χ1) is 16.6. The van der Waals surface area contributed by atoms with Crippen LogP contribution in [0.15, 0.2) is 12.4 Å². The van der Waals surface area contributed by atoms with Crippen molar-refractivity contribution in [3.8, 4) is 0 Å². The van der Waals surface area contributed by atoms with Crippen LogP contribution in [0.2, 0.25) is 0 Å². The highest BCUT2D eigenvalue weighted by Crippen LogP contribution is 2.46. The minimum Gasteiger partial charge on any atom is -0.379 e. The zero-order valence-electron chi connectivity index (χ0n) is 20.7. The molecule has 0 bridgehead atoms. The largest absolute Gasteiger partial charge is 0.433 e. The standard InChI is InChI=1S/C24H36F3N5O3/c1-16(2)23(6-4-17(13-23)30-18-5-11-35-14-19(18)34-3)22(33)32-9-7-31(8-10-32)21-12-20(24(25,26)27)28-15-29-21/h12,15-19,30H,4-11,13-14H2,1-3H3/t17-,18?,19?,23+/m1/s1. The second-order valence-electron chi connectivity index (χ2n) is 10.2. The highest BCUT2D eigenvalue weighted by Gasteiger charge is 2.50. The average molecular weight is 500 g/mol. The van der Waals surface area contributed by atoms with E-state index < -0.39 is 17.3 Å². The summed E-state index contributed by atoms with van der Waals surface area (Å²) in [7, 11) is 1.70. The summed E-state index contributed by atoms with van der Waals surface area (Å²) in [4.78, 5) is 24.9. The van der Waals surface area contributed by atoms with Crippen LogP contribution in [0.4, 0.5) is 19.0 Å². The van der Waals surface area contributed by atoms with Gasteiger partial charge >= 0.3 is 6.18 Å². The Bertz CT molecular complexity index is 878. The van der Waals surface area contributed by atoms with Crippen LogP contribution in [-0.4, -0.2) is 85.5 Å². The topological polar surface area (TPSA) is 79.8 Å². The summed E-state index contributed by atoms with van der Waals surface area (Å²) in [5, 5.41) is 3.74. The Balaban J connectivity index is 1.38. The highest BCUT2D eigenvalue weighted by molar-refractivity contribution is 5.83. The molecule has 3 fully saturated rings. The molecule has 4 rings (SSSR count). The fraction of sp³-hybridized carbons (Fsp3) is 0.792. The zero-order chi connectivity index (χ0) is 25.2. The lowest BCUT2D eigenvalue weighted by Crippen LogP contribution is -2.55. The van der Waals surface area contributed by atoms with Crippen molar-refractivity contribution in [3.63, 3.8) is 0 Å². The van der Waals surface area contributed by atoms with E-state index in [1.165, 1.54) is 0 Å². The lowest BCUT2D eigenvalue weighted by atomic mass is 9.74. The SMILES string of the molecule is COC1COCCC1N[C@@H]1CC[C@@](C(=O)N2CCN(c3cc(C(F)(F)F)ncn3)CC2)(C(C)C)C1. The minimum absolute atomic E-state index is 0.0150. The molecule has 2 aliphatic heterocycles. The summed E-state index contributed by atoms with van der Waals surface area (Å²) in [6.45, 7) is 7.31. The first-order valence-electron chi connectivity index (χ1n) is 12.4. The van der Waals surface area contributed by atoms with E-state index in [4.69, 9.17) is 9.47 Å². The number of alkyl halides is 3. The molecule has 8 nitrogen and oxygen atoms in total. The lowest BCUT2D eigenvalue weighted by molar-refractivity contribution is -0.145. The molecule has 1 aromatic heterocycles. The maximum atomic E-state index is 13.8. The molecule has 2 saturated heterocycles. The van der Waals surface area contributed by atoms with E-state index in [-0.39, 0.29) is 35.8 Å². The average Bonchev–Trinajstić information content (AvgIpc) is 3.29. The van der Waals surface area contributed by atoms with E-state index in [9.17, 15) is 18.0 Å². The maximum Gasteiger partial charge on any atom is 0.433 e. The van der Waals surface area contributed by atoms with Gasteiger partial charge in [-0.1, -0.05) is 13.8 Å². The minimum atomic E-state index is -4.51. The zero-order valence-corrected chi connectivity index (χ0v) is 20.7. The number of nitrogens with zero attached hydrogens (tertiary/aromatic N) is 4. The summed E-state index contributed by atoms with van der Waals surface area (Å²) in [6.07, 6.45) is -0.137. The number of anilines is 1.